The lowest BCUT2D eigenvalue weighted by atomic mass is 10.1. The van der Waals surface area contributed by atoms with E-state index in [1.165, 1.54) is 31.8 Å². The van der Waals surface area contributed by atoms with Gasteiger partial charge in [0.25, 0.3) is 0 Å². The predicted octanol–water partition coefficient (Wildman–Crippen LogP) is 3.44. The van der Waals surface area contributed by atoms with Gasteiger partial charge in [-0.15, -0.1) is 0 Å². The van der Waals surface area contributed by atoms with Gasteiger partial charge in [0.05, 0.1) is 0 Å². The van der Waals surface area contributed by atoms with Crippen molar-refractivity contribution in [2.24, 2.45) is 0 Å². The molecule has 0 aliphatic carbocycles. The molecule has 0 saturated heterocycles. The Kier molecular flexibility index (Phi) is 9.00. The molecule has 0 bridgehead atoms. The first-order valence-corrected chi connectivity index (χ1v) is 5.72. The zero-order valence-electron chi connectivity index (χ0n) is 9.78. The predicted molar refractivity (Wildman–Crippen MR) is 63.8 cm³/mol. The summed E-state index contributed by atoms with van der Waals surface area (Å²) in [5.74, 6) is -1.17. The third-order valence-corrected chi connectivity index (χ3v) is 2.22. The molecule has 0 spiro atoms. The molecular formula is C13H19NO2. The normalized spacial score (nSPS) is 11.6. The largest absolute Gasteiger partial charge is 0.477 e. The van der Waals surface area contributed by atoms with E-state index in [4.69, 9.17) is 10.4 Å². The number of carbonyl (C=O) groups is 1. The van der Waals surface area contributed by atoms with Crippen molar-refractivity contribution in [1.82, 2.24) is 0 Å². The number of allylic oxidation sites excluding steroid dienone is 3. The molecular weight excluding hydrogens is 202 g/mol. The van der Waals surface area contributed by atoms with E-state index in [0.29, 0.717) is 0 Å². The summed E-state index contributed by atoms with van der Waals surface area (Å²) in [5, 5.41) is 17.0. The van der Waals surface area contributed by atoms with E-state index < -0.39 is 5.97 Å². The first-order valence-electron chi connectivity index (χ1n) is 5.72. The standard InChI is InChI=1S/C13H19NO2/c1-2-3-4-5-6-7-8-9-10-12(11-14)13(15)16/h8-10H,2-7H2,1H3,(H,15,16). The minimum atomic E-state index is -1.17. The van der Waals surface area contributed by atoms with Gasteiger partial charge >= 0.3 is 5.97 Å². The highest BCUT2D eigenvalue weighted by atomic mass is 16.4. The lowest BCUT2D eigenvalue weighted by Crippen LogP contribution is -1.96. The number of nitrogens with zero attached hydrogens (tertiary/aromatic N) is 1. The third-order valence-electron chi connectivity index (χ3n) is 2.22. The highest BCUT2D eigenvalue weighted by Gasteiger charge is 2.02. The van der Waals surface area contributed by atoms with Gasteiger partial charge in [0, 0.05) is 0 Å². The first-order chi connectivity index (χ1) is 7.72. The molecule has 0 atom stereocenters. The second kappa shape index (κ2) is 9.97. The van der Waals surface area contributed by atoms with Crippen molar-refractivity contribution in [3.05, 3.63) is 23.8 Å². The summed E-state index contributed by atoms with van der Waals surface area (Å²) in [4.78, 5) is 10.4. The smallest absolute Gasteiger partial charge is 0.346 e. The Morgan fingerprint density at radius 2 is 2.00 bits per heavy atom. The average Bonchev–Trinajstić information content (AvgIpc) is 2.26. The number of carboxylic acids is 1. The van der Waals surface area contributed by atoms with E-state index >= 15 is 0 Å². The molecule has 0 radical (unpaired) electrons. The molecule has 0 aromatic rings. The Balaban J connectivity index is 3.69. The zero-order valence-corrected chi connectivity index (χ0v) is 9.78. The third kappa shape index (κ3) is 7.81. The summed E-state index contributed by atoms with van der Waals surface area (Å²) in [7, 11) is 0. The van der Waals surface area contributed by atoms with Crippen LogP contribution in [0.2, 0.25) is 0 Å². The maximum Gasteiger partial charge on any atom is 0.346 e. The van der Waals surface area contributed by atoms with Gasteiger partial charge in [-0.3, -0.25) is 0 Å². The van der Waals surface area contributed by atoms with Gasteiger partial charge in [-0.1, -0.05) is 44.8 Å². The van der Waals surface area contributed by atoms with Gasteiger partial charge in [-0.25, -0.2) is 4.79 Å². The van der Waals surface area contributed by atoms with Crippen LogP contribution in [0.25, 0.3) is 0 Å². The molecule has 16 heavy (non-hydrogen) atoms. The monoisotopic (exact) mass is 221 g/mol. The van der Waals surface area contributed by atoms with Crippen LogP contribution in [0, 0.1) is 11.3 Å². The molecule has 0 aromatic carbocycles. The van der Waals surface area contributed by atoms with Crippen molar-refractivity contribution in [2.75, 3.05) is 0 Å². The van der Waals surface area contributed by atoms with Crippen LogP contribution in [-0.4, -0.2) is 11.1 Å². The molecule has 0 saturated carbocycles. The maximum absolute atomic E-state index is 10.4. The summed E-state index contributed by atoms with van der Waals surface area (Å²) in [6.07, 6.45) is 12.0. The zero-order chi connectivity index (χ0) is 12.2. The second-order valence-electron chi connectivity index (χ2n) is 3.63. The molecule has 0 fully saturated rings. The fourth-order valence-electron chi connectivity index (χ4n) is 1.28. The summed E-state index contributed by atoms with van der Waals surface area (Å²) >= 11 is 0. The van der Waals surface area contributed by atoms with Crippen LogP contribution in [0.15, 0.2) is 23.8 Å². The van der Waals surface area contributed by atoms with Crippen LogP contribution in [0.4, 0.5) is 0 Å². The maximum atomic E-state index is 10.4. The summed E-state index contributed by atoms with van der Waals surface area (Å²) < 4.78 is 0. The molecule has 0 heterocycles. The van der Waals surface area contributed by atoms with E-state index in [0.717, 1.165) is 12.8 Å². The lowest BCUT2D eigenvalue weighted by Gasteiger charge is -1.95. The molecule has 88 valence electrons. The topological polar surface area (TPSA) is 61.1 Å². The van der Waals surface area contributed by atoms with E-state index in [1.54, 1.807) is 12.1 Å². The van der Waals surface area contributed by atoms with Gasteiger partial charge in [0.1, 0.15) is 11.6 Å². The van der Waals surface area contributed by atoms with Crippen molar-refractivity contribution < 1.29 is 9.90 Å². The lowest BCUT2D eigenvalue weighted by molar-refractivity contribution is -0.132. The van der Waals surface area contributed by atoms with Gasteiger partial charge in [-0.05, 0) is 18.9 Å². The van der Waals surface area contributed by atoms with Crippen molar-refractivity contribution >= 4 is 5.97 Å². The minimum absolute atomic E-state index is 0.220. The van der Waals surface area contributed by atoms with Crippen LogP contribution in [0.3, 0.4) is 0 Å². The first kappa shape index (κ1) is 14.4. The molecule has 0 aliphatic rings. The fourth-order valence-corrected chi connectivity index (χ4v) is 1.28. The number of rotatable bonds is 8. The van der Waals surface area contributed by atoms with Crippen molar-refractivity contribution in [3.63, 3.8) is 0 Å². The Labute approximate surface area is 97.1 Å². The van der Waals surface area contributed by atoms with E-state index in [2.05, 4.69) is 6.92 Å². The van der Waals surface area contributed by atoms with Crippen LogP contribution >= 0.6 is 0 Å². The highest BCUT2D eigenvalue weighted by molar-refractivity contribution is 5.91. The number of aliphatic carboxylic acids is 1. The van der Waals surface area contributed by atoms with Crippen LogP contribution in [0.5, 0.6) is 0 Å². The quantitative estimate of drug-likeness (QED) is 0.295. The SMILES string of the molecule is CCCCCCCC=CC=C(C#N)C(=O)O. The molecule has 1 N–H and O–H groups in total. The summed E-state index contributed by atoms with van der Waals surface area (Å²) in [6.45, 7) is 2.18. The fraction of sp³-hybridized carbons (Fsp3) is 0.538. The number of hydrogen-bond acceptors (Lipinski definition) is 2. The van der Waals surface area contributed by atoms with Gasteiger partial charge in [0.2, 0.25) is 0 Å². The number of nitriles is 1. The van der Waals surface area contributed by atoms with E-state index in [-0.39, 0.29) is 5.57 Å². The summed E-state index contributed by atoms with van der Waals surface area (Å²) in [5.41, 5.74) is -0.220. The Morgan fingerprint density at radius 1 is 1.31 bits per heavy atom. The highest BCUT2D eigenvalue weighted by Crippen LogP contribution is 2.05. The number of unbranched alkanes of at least 4 members (excludes halogenated alkanes) is 5. The van der Waals surface area contributed by atoms with Crippen molar-refractivity contribution in [2.45, 2.75) is 45.4 Å². The van der Waals surface area contributed by atoms with Crippen LogP contribution in [0.1, 0.15) is 45.4 Å². The van der Waals surface area contributed by atoms with Crippen molar-refractivity contribution in [1.29, 1.82) is 5.26 Å². The number of hydrogen-bond donors (Lipinski definition) is 1. The Hall–Kier alpha value is -1.56. The molecule has 0 aromatic heterocycles. The molecule has 0 rings (SSSR count). The van der Waals surface area contributed by atoms with Gasteiger partial charge in [0.15, 0.2) is 0 Å². The van der Waals surface area contributed by atoms with Crippen LogP contribution < -0.4 is 0 Å². The average molecular weight is 221 g/mol. The van der Waals surface area contributed by atoms with E-state index in [1.807, 2.05) is 6.08 Å². The molecule has 0 aliphatic heterocycles. The number of carboxylic acid groups (broad SMARTS) is 1. The second-order valence-corrected chi connectivity index (χ2v) is 3.63. The molecule has 3 nitrogen and oxygen atoms in total. The molecule has 0 amide bonds. The molecule has 3 heteroatoms. The van der Waals surface area contributed by atoms with Gasteiger partial charge in [-0.2, -0.15) is 5.26 Å². The summed E-state index contributed by atoms with van der Waals surface area (Å²) in [6, 6.07) is 1.63. The van der Waals surface area contributed by atoms with Gasteiger partial charge < -0.3 is 5.11 Å². The van der Waals surface area contributed by atoms with E-state index in [9.17, 15) is 4.79 Å². The molecule has 0 unspecified atom stereocenters. The Bertz CT molecular complexity index is 298. The minimum Gasteiger partial charge on any atom is -0.477 e. The Morgan fingerprint density at radius 3 is 2.56 bits per heavy atom. The van der Waals surface area contributed by atoms with Crippen LogP contribution in [-0.2, 0) is 4.79 Å². The van der Waals surface area contributed by atoms with Crippen molar-refractivity contribution in [3.8, 4) is 6.07 Å².